The van der Waals surface area contributed by atoms with E-state index in [4.69, 9.17) is 0 Å². The van der Waals surface area contributed by atoms with Crippen LogP contribution in [-0.4, -0.2) is 20.4 Å². The minimum Gasteiger partial charge on any atom is -0.358 e. The first kappa shape index (κ1) is 18.4. The normalized spacial score (nSPS) is 13.4. The summed E-state index contributed by atoms with van der Waals surface area (Å²) < 4.78 is 1.51. The zero-order valence-corrected chi connectivity index (χ0v) is 16.8. The lowest BCUT2D eigenvalue weighted by Crippen LogP contribution is -2.34. The van der Waals surface area contributed by atoms with Crippen LogP contribution in [0.5, 0.6) is 0 Å². The van der Waals surface area contributed by atoms with Gasteiger partial charge in [0.05, 0.1) is 10.9 Å². The van der Waals surface area contributed by atoms with Crippen LogP contribution in [0.15, 0.2) is 47.3 Å². The number of hydrogen-bond acceptors (Lipinski definition) is 4. The Labute approximate surface area is 173 Å². The molecular formula is C23H23N5O2. The van der Waals surface area contributed by atoms with Gasteiger partial charge in [0.15, 0.2) is 0 Å². The molecule has 2 heterocycles. The Kier molecular flexibility index (Phi) is 4.50. The maximum absolute atomic E-state index is 12.8. The number of aromatic amines is 1. The molecule has 0 unspecified atom stereocenters. The summed E-state index contributed by atoms with van der Waals surface area (Å²) >= 11 is 0. The van der Waals surface area contributed by atoms with E-state index in [0.29, 0.717) is 29.0 Å². The standard InChI is InChI=1S/C23H23N5O2/c1-2-28-22(30)16-8-4-6-10-19(16)25-23(28)27-26-21(29)14-11-12-20-17(13-14)15-7-3-5-9-18(15)24-20/h4,6,8,10-13,24H,2-3,5,7,9H2,1H3,(H,25,27)(H,26,29). The number of carbonyl (C=O) groups excluding carboxylic acids is 1. The Balaban J connectivity index is 1.43. The minimum absolute atomic E-state index is 0.139. The highest BCUT2D eigenvalue weighted by Crippen LogP contribution is 2.29. The van der Waals surface area contributed by atoms with E-state index < -0.39 is 0 Å². The predicted molar refractivity (Wildman–Crippen MR) is 118 cm³/mol. The Morgan fingerprint density at radius 3 is 2.83 bits per heavy atom. The molecule has 152 valence electrons. The van der Waals surface area contributed by atoms with Crippen molar-refractivity contribution in [1.29, 1.82) is 0 Å². The first-order valence-corrected chi connectivity index (χ1v) is 10.3. The SMILES string of the molecule is CCn1c(NNC(=O)c2ccc3[nH]c4c(c3c2)CCCC4)nc2ccccc2c1=O. The molecule has 0 fully saturated rings. The van der Waals surface area contributed by atoms with Crippen molar-refractivity contribution < 1.29 is 4.79 Å². The number of carbonyl (C=O) groups is 1. The summed E-state index contributed by atoms with van der Waals surface area (Å²) in [7, 11) is 0. The number of nitrogens with one attached hydrogen (secondary N) is 3. The Hall–Kier alpha value is -3.61. The van der Waals surface area contributed by atoms with Crippen molar-refractivity contribution in [2.75, 3.05) is 5.43 Å². The first-order valence-electron chi connectivity index (χ1n) is 10.3. The quantitative estimate of drug-likeness (QED) is 0.456. The van der Waals surface area contributed by atoms with Crippen molar-refractivity contribution >= 4 is 33.7 Å². The smallest absolute Gasteiger partial charge is 0.269 e. The molecule has 0 bridgehead atoms. The van der Waals surface area contributed by atoms with Gasteiger partial charge in [-0.2, -0.15) is 0 Å². The second-order valence-electron chi connectivity index (χ2n) is 7.63. The zero-order chi connectivity index (χ0) is 20.7. The summed E-state index contributed by atoms with van der Waals surface area (Å²) in [6, 6.07) is 12.9. The second-order valence-corrected chi connectivity index (χ2v) is 7.63. The van der Waals surface area contributed by atoms with Crippen LogP contribution in [0.2, 0.25) is 0 Å². The molecule has 3 N–H and O–H groups in total. The fourth-order valence-electron chi connectivity index (χ4n) is 4.29. The summed E-state index contributed by atoms with van der Waals surface area (Å²) in [4.78, 5) is 33.5. The van der Waals surface area contributed by atoms with E-state index in [9.17, 15) is 9.59 Å². The number of aromatic nitrogens is 3. The summed E-state index contributed by atoms with van der Waals surface area (Å²) in [5.74, 6) is 0.0439. The number of fused-ring (bicyclic) bond motifs is 4. The summed E-state index contributed by atoms with van der Waals surface area (Å²) in [6.45, 7) is 2.31. The van der Waals surface area contributed by atoms with E-state index in [-0.39, 0.29) is 11.5 Å². The van der Waals surface area contributed by atoms with Gasteiger partial charge in [-0.1, -0.05) is 12.1 Å². The topological polar surface area (TPSA) is 91.8 Å². The van der Waals surface area contributed by atoms with Crippen LogP contribution in [0, 0.1) is 0 Å². The fraction of sp³-hybridized carbons (Fsp3) is 0.261. The third kappa shape index (κ3) is 3.03. The molecule has 0 radical (unpaired) electrons. The van der Waals surface area contributed by atoms with E-state index in [2.05, 4.69) is 20.8 Å². The molecule has 7 nitrogen and oxygen atoms in total. The first-order chi connectivity index (χ1) is 14.7. The maximum Gasteiger partial charge on any atom is 0.269 e. The number of benzene rings is 2. The largest absolute Gasteiger partial charge is 0.358 e. The van der Waals surface area contributed by atoms with Gasteiger partial charge in [0.1, 0.15) is 0 Å². The van der Waals surface area contributed by atoms with Crippen molar-refractivity contribution in [1.82, 2.24) is 20.0 Å². The number of nitrogens with zero attached hydrogens (tertiary/aromatic N) is 2. The Morgan fingerprint density at radius 1 is 1.13 bits per heavy atom. The van der Waals surface area contributed by atoms with Crippen LogP contribution in [0.25, 0.3) is 21.8 Å². The number of hydrazine groups is 1. The predicted octanol–water partition coefficient (Wildman–Crippen LogP) is 3.53. The lowest BCUT2D eigenvalue weighted by molar-refractivity contribution is 0.0962. The van der Waals surface area contributed by atoms with Crippen LogP contribution >= 0.6 is 0 Å². The fourth-order valence-corrected chi connectivity index (χ4v) is 4.29. The van der Waals surface area contributed by atoms with E-state index in [1.807, 2.05) is 37.3 Å². The Morgan fingerprint density at radius 2 is 1.97 bits per heavy atom. The summed E-state index contributed by atoms with van der Waals surface area (Å²) in [6.07, 6.45) is 4.49. The van der Waals surface area contributed by atoms with Gasteiger partial charge in [-0.15, -0.1) is 0 Å². The van der Waals surface area contributed by atoms with Gasteiger partial charge in [0.2, 0.25) is 5.95 Å². The van der Waals surface area contributed by atoms with Crippen LogP contribution in [0.4, 0.5) is 5.95 Å². The average Bonchev–Trinajstić information content (AvgIpc) is 3.15. The summed E-state index contributed by atoms with van der Waals surface area (Å²) in [5, 5.41) is 1.67. The number of para-hydroxylation sites is 1. The van der Waals surface area contributed by atoms with Gasteiger partial charge in [-0.05, 0) is 68.5 Å². The van der Waals surface area contributed by atoms with Gasteiger partial charge in [0, 0.05) is 28.7 Å². The highest BCUT2D eigenvalue weighted by atomic mass is 16.2. The number of amides is 1. The molecule has 0 saturated heterocycles. The van der Waals surface area contributed by atoms with Crippen molar-refractivity contribution in [3.8, 4) is 0 Å². The van der Waals surface area contributed by atoms with Crippen molar-refractivity contribution in [3.63, 3.8) is 0 Å². The highest BCUT2D eigenvalue weighted by Gasteiger charge is 2.17. The van der Waals surface area contributed by atoms with Crippen molar-refractivity contribution in [2.24, 2.45) is 0 Å². The average molecular weight is 401 g/mol. The molecule has 2 aromatic carbocycles. The lowest BCUT2D eigenvalue weighted by atomic mass is 9.95. The maximum atomic E-state index is 12.8. The monoisotopic (exact) mass is 401 g/mol. The molecule has 7 heteroatoms. The molecular weight excluding hydrogens is 378 g/mol. The molecule has 0 saturated carbocycles. The van der Waals surface area contributed by atoms with Gasteiger partial charge < -0.3 is 4.98 Å². The van der Waals surface area contributed by atoms with Crippen molar-refractivity contribution in [3.05, 3.63) is 69.6 Å². The van der Waals surface area contributed by atoms with Gasteiger partial charge >= 0.3 is 0 Å². The molecule has 1 aliphatic carbocycles. The van der Waals surface area contributed by atoms with E-state index in [1.54, 1.807) is 12.1 Å². The van der Waals surface area contributed by atoms with Crippen LogP contribution in [-0.2, 0) is 19.4 Å². The number of aryl methyl sites for hydroxylation is 2. The number of H-pyrrole nitrogens is 1. The molecule has 0 spiro atoms. The van der Waals surface area contributed by atoms with E-state index in [0.717, 1.165) is 23.7 Å². The highest BCUT2D eigenvalue weighted by molar-refractivity contribution is 5.99. The number of rotatable bonds is 4. The van der Waals surface area contributed by atoms with Crippen LogP contribution in [0.1, 0.15) is 41.4 Å². The molecule has 5 rings (SSSR count). The molecule has 0 aliphatic heterocycles. The second kappa shape index (κ2) is 7.33. The third-order valence-electron chi connectivity index (χ3n) is 5.83. The molecule has 1 aliphatic rings. The Bertz CT molecular complexity index is 1330. The molecule has 2 aromatic heterocycles. The van der Waals surface area contributed by atoms with Gasteiger partial charge in [0.25, 0.3) is 11.5 Å². The van der Waals surface area contributed by atoms with Gasteiger partial charge in [-0.3, -0.25) is 25.0 Å². The van der Waals surface area contributed by atoms with E-state index >= 15 is 0 Å². The molecule has 0 atom stereocenters. The summed E-state index contributed by atoms with van der Waals surface area (Å²) in [5.41, 5.74) is 10.2. The van der Waals surface area contributed by atoms with Crippen LogP contribution in [0.3, 0.4) is 0 Å². The van der Waals surface area contributed by atoms with Crippen molar-refractivity contribution in [2.45, 2.75) is 39.2 Å². The lowest BCUT2D eigenvalue weighted by Gasteiger charge is -2.14. The number of anilines is 1. The van der Waals surface area contributed by atoms with Crippen LogP contribution < -0.4 is 16.4 Å². The molecule has 1 amide bonds. The number of hydrogen-bond donors (Lipinski definition) is 3. The minimum atomic E-state index is -0.271. The molecule has 30 heavy (non-hydrogen) atoms. The zero-order valence-electron chi connectivity index (χ0n) is 16.8. The molecule has 4 aromatic rings. The van der Waals surface area contributed by atoms with E-state index in [1.165, 1.54) is 28.7 Å². The van der Waals surface area contributed by atoms with Gasteiger partial charge in [-0.25, -0.2) is 4.98 Å². The third-order valence-corrected chi connectivity index (χ3v) is 5.83.